The molecule has 2 aliphatic heterocycles. The Bertz CT molecular complexity index is 1300. The molecule has 0 fully saturated rings. The average molecular weight is 429 g/mol. The summed E-state index contributed by atoms with van der Waals surface area (Å²) in [5.74, 6) is 2.00. The maximum Gasteiger partial charge on any atom is 0.255 e. The van der Waals surface area contributed by atoms with Crippen molar-refractivity contribution in [3.63, 3.8) is 0 Å². The van der Waals surface area contributed by atoms with Crippen molar-refractivity contribution in [3.8, 4) is 23.3 Å². The van der Waals surface area contributed by atoms with Gasteiger partial charge in [0, 0.05) is 5.70 Å². The molecule has 0 spiro atoms. The first-order valence-electron chi connectivity index (χ1n) is 9.90. The molecule has 0 aliphatic carbocycles. The van der Waals surface area contributed by atoms with E-state index in [2.05, 4.69) is 21.8 Å². The molecule has 9 nitrogen and oxygen atoms in total. The number of hydrogen-bond donors (Lipinski definition) is 2. The first kappa shape index (κ1) is 19.5. The van der Waals surface area contributed by atoms with Gasteiger partial charge in [0.05, 0.1) is 24.6 Å². The summed E-state index contributed by atoms with van der Waals surface area (Å²) in [6.07, 6.45) is 1.48. The molecule has 1 atom stereocenters. The first-order chi connectivity index (χ1) is 15.6. The predicted octanol–water partition coefficient (Wildman–Crippen LogP) is 3.42. The second-order valence-electron chi connectivity index (χ2n) is 7.30. The number of methoxy groups -OCH3 is 1. The van der Waals surface area contributed by atoms with Crippen LogP contribution < -0.4 is 24.8 Å². The predicted molar refractivity (Wildman–Crippen MR) is 116 cm³/mol. The molecule has 2 aromatic carbocycles. The molecule has 1 aromatic heterocycles. The van der Waals surface area contributed by atoms with Crippen LogP contribution in [0, 0.1) is 11.3 Å². The Morgan fingerprint density at radius 3 is 2.91 bits per heavy atom. The van der Waals surface area contributed by atoms with E-state index in [1.54, 1.807) is 36.9 Å². The smallest absolute Gasteiger partial charge is 0.255 e. The van der Waals surface area contributed by atoms with E-state index in [9.17, 15) is 10.1 Å². The van der Waals surface area contributed by atoms with Crippen molar-refractivity contribution in [1.82, 2.24) is 9.78 Å². The normalized spacial score (nSPS) is 16.1. The number of rotatable bonds is 4. The van der Waals surface area contributed by atoms with Gasteiger partial charge in [-0.2, -0.15) is 10.4 Å². The molecule has 0 saturated carbocycles. The van der Waals surface area contributed by atoms with Gasteiger partial charge in [0.1, 0.15) is 29.2 Å². The summed E-state index contributed by atoms with van der Waals surface area (Å²) >= 11 is 0. The Balaban J connectivity index is 1.61. The standard InChI is InChI=1S/C23H19N5O4/c1-13-20(23(29)27-16-5-3-4-6-17(16)30-2)21(28-22(26-13)15(10-24)11-25-28)14-7-8-18-19(9-14)32-12-31-18/h3-9,11,21,26H,12H2,1-2H3,(H,27,29). The molecule has 2 aliphatic rings. The third kappa shape index (κ3) is 3.09. The quantitative estimate of drug-likeness (QED) is 0.654. The van der Waals surface area contributed by atoms with E-state index in [1.807, 2.05) is 24.3 Å². The van der Waals surface area contributed by atoms with Gasteiger partial charge in [-0.05, 0) is 36.8 Å². The lowest BCUT2D eigenvalue weighted by Crippen LogP contribution is -2.31. The summed E-state index contributed by atoms with van der Waals surface area (Å²) in [7, 11) is 1.55. The lowest BCUT2D eigenvalue weighted by atomic mass is 9.94. The maximum absolute atomic E-state index is 13.5. The van der Waals surface area contributed by atoms with Crippen molar-refractivity contribution in [1.29, 1.82) is 5.26 Å². The minimum absolute atomic E-state index is 0.145. The molecule has 2 N–H and O–H groups in total. The number of allylic oxidation sites excluding steroid dienone is 1. The zero-order valence-electron chi connectivity index (χ0n) is 17.4. The van der Waals surface area contributed by atoms with Crippen molar-refractivity contribution in [2.24, 2.45) is 0 Å². The monoisotopic (exact) mass is 429 g/mol. The maximum atomic E-state index is 13.5. The summed E-state index contributed by atoms with van der Waals surface area (Å²) in [6.45, 7) is 1.95. The van der Waals surface area contributed by atoms with Gasteiger partial charge in [0.15, 0.2) is 11.5 Å². The number of nitriles is 1. The fraction of sp³-hybridized carbons (Fsp3) is 0.174. The number of fused-ring (bicyclic) bond motifs is 2. The van der Waals surface area contributed by atoms with E-state index in [0.29, 0.717) is 45.6 Å². The number of nitrogens with zero attached hydrogens (tertiary/aromatic N) is 3. The number of para-hydroxylation sites is 2. The average Bonchev–Trinajstić information content (AvgIpc) is 3.44. The number of hydrogen-bond acceptors (Lipinski definition) is 7. The number of carbonyl (C=O) groups excluding carboxylic acids is 1. The topological polar surface area (TPSA) is 110 Å². The molecule has 1 unspecified atom stereocenters. The first-order valence-corrected chi connectivity index (χ1v) is 9.90. The van der Waals surface area contributed by atoms with Crippen LogP contribution in [0.15, 0.2) is 59.9 Å². The number of ether oxygens (including phenoxy) is 3. The van der Waals surface area contributed by atoms with Crippen molar-refractivity contribution in [2.75, 3.05) is 24.5 Å². The SMILES string of the molecule is COc1ccccc1NC(=O)C1=C(C)Nc2c(C#N)cnn2C1c1ccc2c(c1)OCO2. The Labute approximate surface area is 183 Å². The van der Waals surface area contributed by atoms with E-state index < -0.39 is 6.04 Å². The minimum atomic E-state index is -0.586. The molecular weight excluding hydrogens is 410 g/mol. The zero-order chi connectivity index (χ0) is 22.2. The summed E-state index contributed by atoms with van der Waals surface area (Å²) in [4.78, 5) is 13.5. The van der Waals surface area contributed by atoms with Crippen molar-refractivity contribution < 1.29 is 19.0 Å². The Morgan fingerprint density at radius 1 is 1.28 bits per heavy atom. The van der Waals surface area contributed by atoms with Crippen LogP contribution in [0.25, 0.3) is 0 Å². The second-order valence-corrected chi connectivity index (χ2v) is 7.30. The molecule has 3 heterocycles. The lowest BCUT2D eigenvalue weighted by Gasteiger charge is -2.30. The number of benzene rings is 2. The molecule has 0 bridgehead atoms. The van der Waals surface area contributed by atoms with Crippen LogP contribution in [0.1, 0.15) is 24.1 Å². The third-order valence-electron chi connectivity index (χ3n) is 5.46. The van der Waals surface area contributed by atoms with Gasteiger partial charge >= 0.3 is 0 Å². The van der Waals surface area contributed by atoms with E-state index >= 15 is 0 Å². The van der Waals surface area contributed by atoms with Gasteiger partial charge in [-0.25, -0.2) is 4.68 Å². The van der Waals surface area contributed by atoms with Crippen LogP contribution in [0.3, 0.4) is 0 Å². The molecule has 0 saturated heterocycles. The highest BCUT2D eigenvalue weighted by Gasteiger charge is 2.35. The van der Waals surface area contributed by atoms with E-state index in [4.69, 9.17) is 14.2 Å². The van der Waals surface area contributed by atoms with Crippen LogP contribution >= 0.6 is 0 Å². The molecular formula is C23H19N5O4. The van der Waals surface area contributed by atoms with Crippen LogP contribution in [0.2, 0.25) is 0 Å². The number of anilines is 2. The van der Waals surface area contributed by atoms with E-state index in [-0.39, 0.29) is 12.7 Å². The van der Waals surface area contributed by atoms with Gasteiger partial charge in [-0.3, -0.25) is 4.79 Å². The summed E-state index contributed by atoms with van der Waals surface area (Å²) in [5, 5.41) is 20.0. The third-order valence-corrected chi connectivity index (χ3v) is 5.46. The second kappa shape index (κ2) is 7.67. The van der Waals surface area contributed by atoms with Gasteiger partial charge < -0.3 is 24.8 Å². The van der Waals surface area contributed by atoms with Gasteiger partial charge in [-0.1, -0.05) is 18.2 Å². The highest BCUT2D eigenvalue weighted by atomic mass is 16.7. The Hall–Kier alpha value is -4.45. The van der Waals surface area contributed by atoms with Crippen LogP contribution in [-0.4, -0.2) is 29.6 Å². The number of nitrogens with one attached hydrogen (secondary N) is 2. The van der Waals surface area contributed by atoms with Crippen LogP contribution in [0.4, 0.5) is 11.5 Å². The summed E-state index contributed by atoms with van der Waals surface area (Å²) in [6, 6.07) is 14.2. The summed E-state index contributed by atoms with van der Waals surface area (Å²) in [5.41, 5.74) is 2.78. The Morgan fingerprint density at radius 2 is 2.09 bits per heavy atom. The molecule has 32 heavy (non-hydrogen) atoms. The fourth-order valence-electron chi connectivity index (χ4n) is 3.96. The molecule has 0 radical (unpaired) electrons. The van der Waals surface area contributed by atoms with Crippen molar-refractivity contribution in [3.05, 3.63) is 71.1 Å². The molecule has 9 heteroatoms. The highest BCUT2D eigenvalue weighted by molar-refractivity contribution is 6.06. The largest absolute Gasteiger partial charge is 0.495 e. The molecule has 5 rings (SSSR count). The number of amides is 1. The summed E-state index contributed by atoms with van der Waals surface area (Å²) < 4.78 is 18.0. The van der Waals surface area contributed by atoms with Gasteiger partial charge in [-0.15, -0.1) is 0 Å². The number of carbonyl (C=O) groups is 1. The van der Waals surface area contributed by atoms with E-state index in [1.165, 1.54) is 6.20 Å². The molecule has 160 valence electrons. The van der Waals surface area contributed by atoms with Crippen LogP contribution in [-0.2, 0) is 4.79 Å². The highest BCUT2D eigenvalue weighted by Crippen LogP contribution is 2.41. The van der Waals surface area contributed by atoms with Gasteiger partial charge in [0.25, 0.3) is 5.91 Å². The lowest BCUT2D eigenvalue weighted by molar-refractivity contribution is -0.113. The minimum Gasteiger partial charge on any atom is -0.495 e. The fourth-order valence-corrected chi connectivity index (χ4v) is 3.96. The van der Waals surface area contributed by atoms with E-state index in [0.717, 1.165) is 5.56 Å². The molecule has 3 aromatic rings. The Kier molecular flexibility index (Phi) is 4.67. The van der Waals surface area contributed by atoms with Crippen LogP contribution in [0.5, 0.6) is 17.2 Å². The number of aromatic nitrogens is 2. The van der Waals surface area contributed by atoms with Gasteiger partial charge in [0.2, 0.25) is 6.79 Å². The van der Waals surface area contributed by atoms with Crippen molar-refractivity contribution in [2.45, 2.75) is 13.0 Å². The zero-order valence-corrected chi connectivity index (χ0v) is 17.4. The molecule has 1 amide bonds. The van der Waals surface area contributed by atoms with Crippen molar-refractivity contribution >= 4 is 17.4 Å².